The lowest BCUT2D eigenvalue weighted by molar-refractivity contribution is -0.140. The van der Waals surface area contributed by atoms with Gasteiger partial charge in [0.1, 0.15) is 0 Å². The number of carbonyl (C=O) groups excluding carboxylic acids is 1. The van der Waals surface area contributed by atoms with Crippen LogP contribution in [0.5, 0.6) is 11.5 Å². The summed E-state index contributed by atoms with van der Waals surface area (Å²) in [6, 6.07) is 2.62. The lowest BCUT2D eigenvalue weighted by Crippen LogP contribution is -2.25. The SMILES string of the molecule is CCCCOc1ccc(OC(=O)C2CCC3C(CCC)CCC23)c(F)c1F. The lowest BCUT2D eigenvalue weighted by Gasteiger charge is -2.20. The van der Waals surface area contributed by atoms with E-state index in [1.807, 2.05) is 6.92 Å². The van der Waals surface area contributed by atoms with Gasteiger partial charge in [-0.2, -0.15) is 8.78 Å². The predicted molar refractivity (Wildman–Crippen MR) is 99.7 cm³/mol. The Balaban J connectivity index is 1.64. The largest absolute Gasteiger partial charge is 0.490 e. The second-order valence-electron chi connectivity index (χ2n) is 7.95. The molecule has 1 aromatic rings. The summed E-state index contributed by atoms with van der Waals surface area (Å²) in [6.07, 6.45) is 8.08. The van der Waals surface area contributed by atoms with Gasteiger partial charge in [0, 0.05) is 0 Å². The second kappa shape index (κ2) is 9.03. The van der Waals surface area contributed by atoms with Gasteiger partial charge >= 0.3 is 5.97 Å². The van der Waals surface area contributed by atoms with E-state index in [-0.39, 0.29) is 17.4 Å². The number of fused-ring (bicyclic) bond motifs is 1. The van der Waals surface area contributed by atoms with E-state index >= 15 is 0 Å². The molecule has 0 radical (unpaired) electrons. The molecule has 5 heteroatoms. The molecule has 27 heavy (non-hydrogen) atoms. The minimum absolute atomic E-state index is 0.139. The van der Waals surface area contributed by atoms with E-state index in [9.17, 15) is 13.6 Å². The first-order valence-electron chi connectivity index (χ1n) is 10.4. The quantitative estimate of drug-likeness (QED) is 0.320. The lowest BCUT2D eigenvalue weighted by atomic mass is 9.87. The van der Waals surface area contributed by atoms with Crippen molar-refractivity contribution in [3.05, 3.63) is 23.8 Å². The number of halogens is 2. The van der Waals surface area contributed by atoms with Crippen LogP contribution in [-0.4, -0.2) is 12.6 Å². The maximum atomic E-state index is 14.3. The highest BCUT2D eigenvalue weighted by molar-refractivity contribution is 5.76. The van der Waals surface area contributed by atoms with Crippen LogP contribution in [0.25, 0.3) is 0 Å². The fourth-order valence-electron chi connectivity index (χ4n) is 4.96. The first-order chi connectivity index (χ1) is 13.1. The van der Waals surface area contributed by atoms with Crippen LogP contribution >= 0.6 is 0 Å². The molecular formula is C22H30F2O3. The standard InChI is InChI=1S/C22H30F2O3/c1-3-5-13-26-18-11-12-19(21(24)20(18)23)27-22(25)17-10-9-15-14(6-4-2)7-8-16(15)17/h11-12,14-17H,3-10,13H2,1-2H3. The third kappa shape index (κ3) is 4.27. The van der Waals surface area contributed by atoms with Crippen LogP contribution in [0.4, 0.5) is 8.78 Å². The summed E-state index contributed by atoms with van der Waals surface area (Å²) < 4.78 is 39.0. The minimum Gasteiger partial charge on any atom is -0.490 e. The number of unbranched alkanes of at least 4 members (excludes halogenated alkanes) is 1. The van der Waals surface area contributed by atoms with Gasteiger partial charge in [-0.3, -0.25) is 4.79 Å². The Hall–Kier alpha value is -1.65. The number of ether oxygens (including phenoxy) is 2. The van der Waals surface area contributed by atoms with Crippen molar-refractivity contribution in [3.63, 3.8) is 0 Å². The van der Waals surface area contributed by atoms with Crippen LogP contribution in [0.15, 0.2) is 12.1 Å². The fourth-order valence-corrected chi connectivity index (χ4v) is 4.96. The molecule has 2 saturated carbocycles. The molecule has 0 saturated heterocycles. The van der Waals surface area contributed by atoms with Crippen molar-refractivity contribution in [3.8, 4) is 11.5 Å². The van der Waals surface area contributed by atoms with Crippen molar-refractivity contribution in [2.24, 2.45) is 23.7 Å². The summed E-state index contributed by atoms with van der Waals surface area (Å²) in [4.78, 5) is 12.6. The summed E-state index contributed by atoms with van der Waals surface area (Å²) >= 11 is 0. The Morgan fingerprint density at radius 2 is 1.70 bits per heavy atom. The number of benzene rings is 1. The molecule has 1 aromatic carbocycles. The van der Waals surface area contributed by atoms with Gasteiger partial charge in [0.2, 0.25) is 11.6 Å². The maximum absolute atomic E-state index is 14.3. The highest BCUT2D eigenvalue weighted by atomic mass is 19.2. The Labute approximate surface area is 160 Å². The van der Waals surface area contributed by atoms with E-state index in [1.165, 1.54) is 31.4 Å². The van der Waals surface area contributed by atoms with Gasteiger partial charge in [-0.15, -0.1) is 0 Å². The number of carbonyl (C=O) groups is 1. The predicted octanol–water partition coefficient (Wildman–Crippen LogP) is 5.90. The van der Waals surface area contributed by atoms with Gasteiger partial charge in [0.25, 0.3) is 0 Å². The Morgan fingerprint density at radius 1 is 1.00 bits per heavy atom. The van der Waals surface area contributed by atoms with E-state index in [2.05, 4.69) is 6.92 Å². The van der Waals surface area contributed by atoms with Crippen molar-refractivity contribution in [1.82, 2.24) is 0 Å². The third-order valence-corrected chi connectivity index (χ3v) is 6.29. The average molecular weight is 380 g/mol. The summed E-state index contributed by atoms with van der Waals surface area (Å²) in [6.45, 7) is 4.52. The molecule has 2 fully saturated rings. The van der Waals surface area contributed by atoms with Crippen LogP contribution in [0, 0.1) is 35.3 Å². The summed E-state index contributed by atoms with van der Waals surface area (Å²) in [5.41, 5.74) is 0. The van der Waals surface area contributed by atoms with Crippen LogP contribution in [-0.2, 0) is 4.79 Å². The monoisotopic (exact) mass is 380 g/mol. The zero-order valence-corrected chi connectivity index (χ0v) is 16.3. The number of rotatable bonds is 8. The molecule has 0 bridgehead atoms. The van der Waals surface area contributed by atoms with E-state index in [0.29, 0.717) is 24.4 Å². The molecule has 2 aliphatic carbocycles. The van der Waals surface area contributed by atoms with E-state index in [1.54, 1.807) is 0 Å². The smallest absolute Gasteiger partial charge is 0.314 e. The minimum atomic E-state index is -1.15. The van der Waals surface area contributed by atoms with E-state index in [0.717, 1.165) is 32.1 Å². The second-order valence-corrected chi connectivity index (χ2v) is 7.95. The van der Waals surface area contributed by atoms with Crippen molar-refractivity contribution in [2.45, 2.75) is 65.2 Å². The Morgan fingerprint density at radius 3 is 2.44 bits per heavy atom. The molecule has 0 N–H and O–H groups in total. The molecule has 150 valence electrons. The molecule has 2 aliphatic rings. The van der Waals surface area contributed by atoms with Crippen molar-refractivity contribution in [2.75, 3.05) is 6.61 Å². The zero-order chi connectivity index (χ0) is 19.4. The van der Waals surface area contributed by atoms with Crippen molar-refractivity contribution >= 4 is 5.97 Å². The molecule has 4 atom stereocenters. The van der Waals surface area contributed by atoms with Gasteiger partial charge in [-0.25, -0.2) is 0 Å². The molecule has 0 heterocycles. The summed E-state index contributed by atoms with van der Waals surface area (Å²) in [5.74, 6) is -1.72. The van der Waals surface area contributed by atoms with Crippen LogP contribution in [0.2, 0.25) is 0 Å². The van der Waals surface area contributed by atoms with Crippen LogP contribution < -0.4 is 9.47 Å². The van der Waals surface area contributed by atoms with Gasteiger partial charge in [-0.1, -0.05) is 33.1 Å². The van der Waals surface area contributed by atoms with Gasteiger partial charge < -0.3 is 9.47 Å². The average Bonchev–Trinajstić information content (AvgIpc) is 3.24. The molecule has 3 nitrogen and oxygen atoms in total. The highest BCUT2D eigenvalue weighted by Crippen LogP contribution is 2.52. The molecule has 3 rings (SSSR count). The van der Waals surface area contributed by atoms with Gasteiger partial charge in [0.15, 0.2) is 11.5 Å². The molecular weight excluding hydrogens is 350 g/mol. The molecule has 0 aliphatic heterocycles. The van der Waals surface area contributed by atoms with E-state index < -0.39 is 17.6 Å². The number of hydrogen-bond donors (Lipinski definition) is 0. The first-order valence-corrected chi connectivity index (χ1v) is 10.4. The number of esters is 1. The third-order valence-electron chi connectivity index (χ3n) is 6.29. The highest BCUT2D eigenvalue weighted by Gasteiger charge is 2.47. The fraction of sp³-hybridized carbons (Fsp3) is 0.682. The first kappa shape index (κ1) is 20.1. The van der Waals surface area contributed by atoms with Gasteiger partial charge in [-0.05, 0) is 62.0 Å². The summed E-state index contributed by atoms with van der Waals surface area (Å²) in [7, 11) is 0. The molecule has 0 aromatic heterocycles. The Bertz CT molecular complexity index is 661. The normalized spacial score (nSPS) is 26.8. The molecule has 4 unspecified atom stereocenters. The molecule has 0 amide bonds. The van der Waals surface area contributed by atoms with Gasteiger partial charge in [0.05, 0.1) is 12.5 Å². The van der Waals surface area contributed by atoms with Crippen LogP contribution in [0.1, 0.15) is 65.2 Å². The van der Waals surface area contributed by atoms with E-state index in [4.69, 9.17) is 9.47 Å². The summed E-state index contributed by atoms with van der Waals surface area (Å²) in [5, 5.41) is 0. The Kier molecular flexibility index (Phi) is 6.72. The zero-order valence-electron chi connectivity index (χ0n) is 16.3. The van der Waals surface area contributed by atoms with Crippen molar-refractivity contribution in [1.29, 1.82) is 0 Å². The van der Waals surface area contributed by atoms with Crippen molar-refractivity contribution < 1.29 is 23.0 Å². The maximum Gasteiger partial charge on any atom is 0.314 e. The number of hydrogen-bond acceptors (Lipinski definition) is 3. The topological polar surface area (TPSA) is 35.5 Å². The molecule has 0 spiro atoms. The van der Waals surface area contributed by atoms with Crippen LogP contribution in [0.3, 0.4) is 0 Å².